The van der Waals surface area contributed by atoms with Crippen molar-refractivity contribution in [1.82, 2.24) is 9.80 Å². The molecule has 6 nitrogen and oxygen atoms in total. The summed E-state index contributed by atoms with van der Waals surface area (Å²) >= 11 is 4.45. The van der Waals surface area contributed by atoms with E-state index in [1.807, 2.05) is 13.8 Å². The Labute approximate surface area is 133 Å². The molecule has 1 aliphatic heterocycles. The van der Waals surface area contributed by atoms with E-state index >= 15 is 0 Å². The van der Waals surface area contributed by atoms with E-state index in [9.17, 15) is 19.2 Å². The maximum absolute atomic E-state index is 12.1. The van der Waals surface area contributed by atoms with Gasteiger partial charge in [-0.2, -0.15) is 0 Å². The molecule has 0 aromatic carbocycles. The number of carbonyl (C=O) groups excluding carboxylic acids is 4. The molecule has 0 bridgehead atoms. The van der Waals surface area contributed by atoms with Crippen LogP contribution < -0.4 is 0 Å². The molecular formula is C13H13BrN2O4S. The van der Waals surface area contributed by atoms with Crippen molar-refractivity contribution in [3.05, 3.63) is 20.8 Å². The molecule has 1 aromatic heterocycles. The van der Waals surface area contributed by atoms with Gasteiger partial charge in [0.05, 0.1) is 15.2 Å². The highest BCUT2D eigenvalue weighted by molar-refractivity contribution is 9.11. The van der Waals surface area contributed by atoms with Crippen LogP contribution in [0.1, 0.15) is 23.5 Å². The summed E-state index contributed by atoms with van der Waals surface area (Å²) in [4.78, 5) is 49.8. The number of imide groups is 2. The lowest BCUT2D eigenvalue weighted by Crippen LogP contribution is -2.38. The van der Waals surface area contributed by atoms with Gasteiger partial charge in [-0.05, 0) is 34.0 Å². The lowest BCUT2D eigenvalue weighted by atomic mass is 10.2. The SMILES string of the molecule is CC(C)CN1C(=O)C(=O)N(CC(=O)c2ccc(Br)s2)C1=O. The molecule has 0 atom stereocenters. The van der Waals surface area contributed by atoms with Gasteiger partial charge in [0.2, 0.25) is 0 Å². The molecule has 2 rings (SSSR count). The highest BCUT2D eigenvalue weighted by atomic mass is 79.9. The number of nitrogens with zero attached hydrogens (tertiary/aromatic N) is 2. The fraction of sp³-hybridized carbons (Fsp3) is 0.385. The number of amides is 4. The summed E-state index contributed by atoms with van der Waals surface area (Å²) in [5.41, 5.74) is 0. The van der Waals surface area contributed by atoms with Crippen LogP contribution in [0.25, 0.3) is 0 Å². The minimum absolute atomic E-state index is 0.0506. The van der Waals surface area contributed by atoms with E-state index in [0.717, 1.165) is 8.69 Å². The second-order valence-electron chi connectivity index (χ2n) is 5.01. The molecule has 1 fully saturated rings. The molecule has 2 heterocycles. The fourth-order valence-electron chi connectivity index (χ4n) is 1.90. The Balaban J connectivity index is 2.13. The average molecular weight is 373 g/mol. The fourth-order valence-corrected chi connectivity index (χ4v) is 3.22. The van der Waals surface area contributed by atoms with Crippen molar-refractivity contribution in [3.63, 3.8) is 0 Å². The van der Waals surface area contributed by atoms with Crippen LogP contribution in [0.3, 0.4) is 0 Å². The summed E-state index contributed by atoms with van der Waals surface area (Å²) in [6, 6.07) is 2.60. The zero-order valence-corrected chi connectivity index (χ0v) is 13.9. The summed E-state index contributed by atoms with van der Waals surface area (Å²) < 4.78 is 0.780. The minimum Gasteiger partial charge on any atom is -0.291 e. The first-order chi connectivity index (χ1) is 9.81. The van der Waals surface area contributed by atoms with Gasteiger partial charge < -0.3 is 0 Å². The van der Waals surface area contributed by atoms with Crippen LogP contribution in [-0.2, 0) is 9.59 Å². The topological polar surface area (TPSA) is 74.8 Å². The Morgan fingerprint density at radius 3 is 2.33 bits per heavy atom. The van der Waals surface area contributed by atoms with Crippen LogP contribution in [0, 0.1) is 5.92 Å². The maximum Gasteiger partial charge on any atom is 0.334 e. The summed E-state index contributed by atoms with van der Waals surface area (Å²) in [5, 5.41) is 0. The number of rotatable bonds is 5. The maximum atomic E-state index is 12.1. The van der Waals surface area contributed by atoms with Gasteiger partial charge in [-0.15, -0.1) is 11.3 Å². The van der Waals surface area contributed by atoms with E-state index in [2.05, 4.69) is 15.9 Å². The van der Waals surface area contributed by atoms with Crippen molar-refractivity contribution in [1.29, 1.82) is 0 Å². The predicted molar refractivity (Wildman–Crippen MR) is 80.0 cm³/mol. The quantitative estimate of drug-likeness (QED) is 0.450. The molecule has 0 N–H and O–H groups in total. The number of hydrogen-bond acceptors (Lipinski definition) is 5. The van der Waals surface area contributed by atoms with Crippen molar-refractivity contribution in [3.8, 4) is 0 Å². The molecule has 8 heteroatoms. The number of Topliss-reactive ketones (excluding diaryl/α,β-unsaturated/α-hetero) is 1. The van der Waals surface area contributed by atoms with Gasteiger partial charge in [-0.25, -0.2) is 9.69 Å². The third kappa shape index (κ3) is 3.21. The molecule has 21 heavy (non-hydrogen) atoms. The smallest absolute Gasteiger partial charge is 0.291 e. The van der Waals surface area contributed by atoms with Crippen LogP contribution >= 0.6 is 27.3 Å². The van der Waals surface area contributed by atoms with Gasteiger partial charge in [0.1, 0.15) is 0 Å². The molecule has 0 unspecified atom stereocenters. The molecule has 0 spiro atoms. The van der Waals surface area contributed by atoms with Gasteiger partial charge >= 0.3 is 17.8 Å². The van der Waals surface area contributed by atoms with Crippen LogP contribution in [0.15, 0.2) is 15.9 Å². The van der Waals surface area contributed by atoms with Gasteiger partial charge in [0.25, 0.3) is 0 Å². The predicted octanol–water partition coefficient (Wildman–Crippen LogP) is 2.14. The molecule has 4 amide bonds. The number of carbonyl (C=O) groups is 4. The molecule has 0 aliphatic carbocycles. The number of urea groups is 1. The van der Waals surface area contributed by atoms with E-state index in [1.54, 1.807) is 12.1 Å². The molecule has 0 radical (unpaired) electrons. The molecule has 1 aromatic rings. The highest BCUT2D eigenvalue weighted by Crippen LogP contribution is 2.23. The van der Waals surface area contributed by atoms with Crippen LogP contribution in [0.2, 0.25) is 0 Å². The normalized spacial score (nSPS) is 15.5. The van der Waals surface area contributed by atoms with Gasteiger partial charge in [0, 0.05) is 6.54 Å². The Kier molecular flexibility index (Phi) is 4.58. The Morgan fingerprint density at radius 2 is 1.81 bits per heavy atom. The standard InChI is InChI=1S/C13H13BrN2O4S/c1-7(2)5-15-11(18)12(19)16(13(15)20)6-8(17)9-3-4-10(14)21-9/h3-4,7H,5-6H2,1-2H3. The number of thiophene rings is 1. The van der Waals surface area contributed by atoms with E-state index in [0.29, 0.717) is 9.78 Å². The molecule has 0 saturated carbocycles. The Bertz CT molecular complexity index is 625. The van der Waals surface area contributed by atoms with Crippen molar-refractivity contribution in [2.45, 2.75) is 13.8 Å². The summed E-state index contributed by atoms with van der Waals surface area (Å²) in [6.45, 7) is 3.42. The first-order valence-corrected chi connectivity index (χ1v) is 7.88. The van der Waals surface area contributed by atoms with Crippen LogP contribution in [0.4, 0.5) is 4.79 Å². The molecular weight excluding hydrogens is 360 g/mol. The number of halogens is 1. The van der Waals surface area contributed by atoms with E-state index in [1.165, 1.54) is 11.3 Å². The van der Waals surface area contributed by atoms with Crippen molar-refractivity contribution >= 4 is 50.9 Å². The van der Waals surface area contributed by atoms with Crippen LogP contribution in [-0.4, -0.2) is 46.5 Å². The molecule has 1 aliphatic rings. The number of ketones is 1. The van der Waals surface area contributed by atoms with E-state index < -0.39 is 24.4 Å². The zero-order chi connectivity index (χ0) is 15.7. The first kappa shape index (κ1) is 15.8. The highest BCUT2D eigenvalue weighted by Gasteiger charge is 2.45. The summed E-state index contributed by atoms with van der Waals surface area (Å²) in [7, 11) is 0. The number of hydrogen-bond donors (Lipinski definition) is 0. The van der Waals surface area contributed by atoms with Crippen molar-refractivity contribution in [2.24, 2.45) is 5.92 Å². The summed E-state index contributed by atoms with van der Waals surface area (Å²) in [6.07, 6.45) is 0. The molecule has 112 valence electrons. The van der Waals surface area contributed by atoms with Crippen molar-refractivity contribution < 1.29 is 19.2 Å². The summed E-state index contributed by atoms with van der Waals surface area (Å²) in [5.74, 6) is -2.13. The average Bonchev–Trinajstić information content (AvgIpc) is 2.92. The lowest BCUT2D eigenvalue weighted by molar-refractivity contribution is -0.143. The third-order valence-electron chi connectivity index (χ3n) is 2.83. The van der Waals surface area contributed by atoms with E-state index in [4.69, 9.17) is 0 Å². The van der Waals surface area contributed by atoms with Gasteiger partial charge in [0.15, 0.2) is 5.78 Å². The van der Waals surface area contributed by atoms with Gasteiger partial charge in [-0.1, -0.05) is 13.8 Å². The van der Waals surface area contributed by atoms with Crippen LogP contribution in [0.5, 0.6) is 0 Å². The zero-order valence-electron chi connectivity index (χ0n) is 11.5. The largest absolute Gasteiger partial charge is 0.334 e. The third-order valence-corrected chi connectivity index (χ3v) is 4.50. The first-order valence-electron chi connectivity index (χ1n) is 6.27. The Morgan fingerprint density at radius 1 is 1.19 bits per heavy atom. The Hall–Kier alpha value is -1.54. The lowest BCUT2D eigenvalue weighted by Gasteiger charge is -2.16. The van der Waals surface area contributed by atoms with E-state index in [-0.39, 0.29) is 18.2 Å². The van der Waals surface area contributed by atoms with Crippen molar-refractivity contribution in [2.75, 3.05) is 13.1 Å². The monoisotopic (exact) mass is 372 g/mol. The minimum atomic E-state index is -0.940. The molecule has 1 saturated heterocycles. The second-order valence-corrected chi connectivity index (χ2v) is 7.47. The second kappa shape index (κ2) is 6.07. The van der Waals surface area contributed by atoms with Gasteiger partial charge in [-0.3, -0.25) is 19.3 Å².